The average Bonchev–Trinajstić information content (AvgIpc) is 2.95. The number of halogens is 1. The van der Waals surface area contributed by atoms with Crippen molar-refractivity contribution in [3.8, 4) is 11.8 Å². The number of rotatable bonds is 3. The van der Waals surface area contributed by atoms with Gasteiger partial charge in [-0.2, -0.15) is 0 Å². The Balaban J connectivity index is 2.05. The third-order valence-corrected chi connectivity index (χ3v) is 5.03. The van der Waals surface area contributed by atoms with E-state index in [1.807, 2.05) is 13.0 Å². The summed E-state index contributed by atoms with van der Waals surface area (Å²) in [6.45, 7) is 8.35. The summed E-state index contributed by atoms with van der Waals surface area (Å²) in [5.41, 5.74) is 8.51. The summed E-state index contributed by atoms with van der Waals surface area (Å²) in [6.07, 6.45) is 1.85. The Morgan fingerprint density at radius 3 is 2.62 bits per heavy atom. The monoisotopic (exact) mass is 335 g/mol. The van der Waals surface area contributed by atoms with Gasteiger partial charge in [0.05, 0.1) is 0 Å². The number of fused-ring (bicyclic) bond motifs is 1. The molecule has 0 saturated heterocycles. The van der Waals surface area contributed by atoms with Gasteiger partial charge >= 0.3 is 0 Å². The zero-order chi connectivity index (χ0) is 17.3. The molecule has 1 aromatic heterocycles. The van der Waals surface area contributed by atoms with Crippen LogP contribution >= 0.6 is 11.6 Å². The number of nitrogens with one attached hydrogen (secondary N) is 1. The highest BCUT2D eigenvalue weighted by molar-refractivity contribution is 6.31. The molecule has 0 bridgehead atoms. The molecule has 0 radical (unpaired) electrons. The zero-order valence-electron chi connectivity index (χ0n) is 14.7. The Bertz CT molecular complexity index is 967. The van der Waals surface area contributed by atoms with Gasteiger partial charge in [0, 0.05) is 33.6 Å². The summed E-state index contributed by atoms with van der Waals surface area (Å²) in [6, 6.07) is 10.7. The van der Waals surface area contributed by atoms with Gasteiger partial charge in [-0.3, -0.25) is 0 Å². The van der Waals surface area contributed by atoms with Crippen LogP contribution in [0.15, 0.2) is 30.3 Å². The first-order chi connectivity index (χ1) is 11.5. The summed E-state index contributed by atoms with van der Waals surface area (Å²) in [4.78, 5) is 3.55. The van der Waals surface area contributed by atoms with E-state index in [1.165, 1.54) is 33.3 Å². The molecule has 0 aliphatic rings. The summed E-state index contributed by atoms with van der Waals surface area (Å²) in [7, 11) is 0. The molecule has 0 aliphatic heterocycles. The standard InChI is InChI=1S/C22H22ClN/c1-5-7-16-10-14(3)19-12-18(24-22(19)11-16)13-20-15(4)17(6-2)8-9-21(20)23/h8-12,24H,6,13H2,1-4H3. The quantitative estimate of drug-likeness (QED) is 0.568. The number of aromatic amines is 1. The van der Waals surface area contributed by atoms with E-state index in [1.54, 1.807) is 0 Å². The number of H-pyrrole nitrogens is 1. The van der Waals surface area contributed by atoms with Crippen molar-refractivity contribution in [2.75, 3.05) is 0 Å². The lowest BCUT2D eigenvalue weighted by Crippen LogP contribution is -1.97. The van der Waals surface area contributed by atoms with Gasteiger partial charge in [0.2, 0.25) is 0 Å². The Labute approximate surface area is 149 Å². The molecule has 0 spiro atoms. The Morgan fingerprint density at radius 1 is 1.12 bits per heavy atom. The first kappa shape index (κ1) is 16.7. The summed E-state index contributed by atoms with van der Waals surface area (Å²) >= 11 is 6.47. The lowest BCUT2D eigenvalue weighted by Gasteiger charge is -2.11. The van der Waals surface area contributed by atoms with E-state index in [2.05, 4.69) is 61.9 Å². The van der Waals surface area contributed by atoms with Crippen LogP contribution < -0.4 is 0 Å². The molecule has 0 atom stereocenters. The highest BCUT2D eigenvalue weighted by atomic mass is 35.5. The molecule has 3 rings (SSSR count). The minimum atomic E-state index is 0.821. The molecule has 0 aliphatic carbocycles. The molecule has 3 aromatic rings. The van der Waals surface area contributed by atoms with Gasteiger partial charge in [-0.15, -0.1) is 5.92 Å². The molecule has 0 amide bonds. The molecule has 0 unspecified atom stereocenters. The SMILES string of the molecule is CC#Cc1cc(C)c2cc(Cc3c(Cl)ccc(CC)c3C)[nH]c2c1. The zero-order valence-corrected chi connectivity index (χ0v) is 15.4. The van der Waals surface area contributed by atoms with Crippen LogP contribution in [0.4, 0.5) is 0 Å². The molecule has 1 nitrogen and oxygen atoms in total. The second kappa shape index (κ2) is 6.75. The van der Waals surface area contributed by atoms with Gasteiger partial charge < -0.3 is 4.98 Å². The van der Waals surface area contributed by atoms with E-state index >= 15 is 0 Å². The third kappa shape index (κ3) is 3.07. The highest BCUT2D eigenvalue weighted by Gasteiger charge is 2.11. The number of hydrogen-bond donors (Lipinski definition) is 1. The molecule has 2 heteroatoms. The van der Waals surface area contributed by atoms with Gasteiger partial charge in [0.1, 0.15) is 0 Å². The molecule has 0 saturated carbocycles. The average molecular weight is 336 g/mol. The Morgan fingerprint density at radius 2 is 1.92 bits per heavy atom. The van der Waals surface area contributed by atoms with E-state index < -0.39 is 0 Å². The molecule has 122 valence electrons. The van der Waals surface area contributed by atoms with Crippen LogP contribution in [-0.4, -0.2) is 4.98 Å². The molecule has 24 heavy (non-hydrogen) atoms. The van der Waals surface area contributed by atoms with Crippen molar-refractivity contribution in [1.29, 1.82) is 0 Å². The first-order valence-corrected chi connectivity index (χ1v) is 8.73. The van der Waals surface area contributed by atoms with Crippen LogP contribution in [0.5, 0.6) is 0 Å². The highest BCUT2D eigenvalue weighted by Crippen LogP contribution is 2.28. The molecule has 1 heterocycles. The van der Waals surface area contributed by atoms with Gasteiger partial charge in [-0.05, 0) is 73.7 Å². The van der Waals surface area contributed by atoms with E-state index in [0.29, 0.717) is 0 Å². The van der Waals surface area contributed by atoms with E-state index in [-0.39, 0.29) is 0 Å². The van der Waals surface area contributed by atoms with Crippen molar-refractivity contribution in [2.24, 2.45) is 0 Å². The molecule has 1 N–H and O–H groups in total. The molecule has 0 fully saturated rings. The Kier molecular flexibility index (Phi) is 4.69. The lowest BCUT2D eigenvalue weighted by molar-refractivity contribution is 1.05. The van der Waals surface area contributed by atoms with Crippen molar-refractivity contribution in [2.45, 2.75) is 40.5 Å². The maximum Gasteiger partial charge on any atom is 0.0471 e. The fraction of sp³-hybridized carbons (Fsp3) is 0.273. The molecule has 2 aromatic carbocycles. The number of aryl methyl sites for hydroxylation is 2. The van der Waals surface area contributed by atoms with Crippen LogP contribution in [0, 0.1) is 25.7 Å². The second-order valence-corrected chi connectivity index (χ2v) is 6.67. The van der Waals surface area contributed by atoms with E-state index in [4.69, 9.17) is 11.6 Å². The first-order valence-electron chi connectivity index (χ1n) is 8.35. The minimum absolute atomic E-state index is 0.821. The van der Waals surface area contributed by atoms with Crippen molar-refractivity contribution in [3.05, 3.63) is 68.9 Å². The third-order valence-electron chi connectivity index (χ3n) is 4.67. The van der Waals surface area contributed by atoms with Gasteiger partial charge in [0.15, 0.2) is 0 Å². The summed E-state index contributed by atoms with van der Waals surface area (Å²) in [5.74, 6) is 6.11. The summed E-state index contributed by atoms with van der Waals surface area (Å²) in [5, 5.41) is 2.10. The second-order valence-electron chi connectivity index (χ2n) is 6.26. The van der Waals surface area contributed by atoms with Crippen molar-refractivity contribution in [1.82, 2.24) is 4.98 Å². The topological polar surface area (TPSA) is 15.8 Å². The predicted molar refractivity (Wildman–Crippen MR) is 104 cm³/mol. The largest absolute Gasteiger partial charge is 0.358 e. The predicted octanol–water partition coefficient (Wildman–Crippen LogP) is 5.96. The fourth-order valence-corrected chi connectivity index (χ4v) is 3.62. The maximum absolute atomic E-state index is 6.47. The molecular formula is C22H22ClN. The van der Waals surface area contributed by atoms with Gasteiger partial charge in [-0.1, -0.05) is 30.5 Å². The van der Waals surface area contributed by atoms with Crippen molar-refractivity contribution >= 4 is 22.5 Å². The normalized spacial score (nSPS) is 10.7. The lowest BCUT2D eigenvalue weighted by atomic mass is 9.97. The minimum Gasteiger partial charge on any atom is -0.358 e. The van der Waals surface area contributed by atoms with Crippen LogP contribution in [-0.2, 0) is 12.8 Å². The van der Waals surface area contributed by atoms with Crippen LogP contribution in [0.2, 0.25) is 5.02 Å². The van der Waals surface area contributed by atoms with E-state index in [9.17, 15) is 0 Å². The van der Waals surface area contributed by atoms with Gasteiger partial charge in [0.25, 0.3) is 0 Å². The maximum atomic E-state index is 6.47. The summed E-state index contributed by atoms with van der Waals surface area (Å²) < 4.78 is 0. The van der Waals surface area contributed by atoms with Crippen molar-refractivity contribution in [3.63, 3.8) is 0 Å². The van der Waals surface area contributed by atoms with Crippen molar-refractivity contribution < 1.29 is 0 Å². The fourth-order valence-electron chi connectivity index (χ4n) is 3.35. The molecular weight excluding hydrogens is 314 g/mol. The van der Waals surface area contributed by atoms with Gasteiger partial charge in [-0.25, -0.2) is 0 Å². The van der Waals surface area contributed by atoms with E-state index in [0.717, 1.165) is 28.9 Å². The van der Waals surface area contributed by atoms with Crippen LogP contribution in [0.1, 0.15) is 47.4 Å². The Hall–Kier alpha value is -2.17. The van der Waals surface area contributed by atoms with Crippen LogP contribution in [0.3, 0.4) is 0 Å². The number of hydrogen-bond acceptors (Lipinski definition) is 0. The van der Waals surface area contributed by atoms with Crippen LogP contribution in [0.25, 0.3) is 10.9 Å². The number of benzene rings is 2. The smallest absolute Gasteiger partial charge is 0.0471 e. The number of aromatic nitrogens is 1.